The summed E-state index contributed by atoms with van der Waals surface area (Å²) in [5.74, 6) is -1.17. The fraction of sp³-hybridized carbons (Fsp3) is 0.400. The second kappa shape index (κ2) is 6.38. The van der Waals surface area contributed by atoms with Crippen LogP contribution in [0.3, 0.4) is 0 Å². The van der Waals surface area contributed by atoms with Crippen LogP contribution in [0.5, 0.6) is 0 Å². The van der Waals surface area contributed by atoms with Gasteiger partial charge in [0.2, 0.25) is 0 Å². The van der Waals surface area contributed by atoms with Crippen molar-refractivity contribution < 1.29 is 19.2 Å². The summed E-state index contributed by atoms with van der Waals surface area (Å²) in [6.45, 7) is 2.09. The number of esters is 1. The molecule has 0 unspecified atom stereocenters. The monoisotopic (exact) mass is 255 g/mol. The number of amides is 1. The molecule has 1 amide bonds. The van der Waals surface area contributed by atoms with Gasteiger partial charge in [-0.15, -0.1) is 0 Å². The van der Waals surface area contributed by atoms with E-state index < -0.39 is 16.8 Å². The Labute approximate surface area is 102 Å². The smallest absolute Gasteiger partial charge is 0.321 e. The van der Waals surface area contributed by atoms with Crippen LogP contribution in [0.25, 0.3) is 0 Å². The van der Waals surface area contributed by atoms with Gasteiger partial charge in [0.05, 0.1) is 13.0 Å². The molecule has 0 spiro atoms. The molecule has 1 aromatic rings. The highest BCUT2D eigenvalue weighted by Crippen LogP contribution is 2.09. The zero-order valence-electron chi connectivity index (χ0n) is 9.76. The molecule has 1 aromatic heterocycles. The maximum atomic E-state index is 11.5. The van der Waals surface area contributed by atoms with Gasteiger partial charge in [-0.05, 0) is 17.9 Å². The minimum Gasteiger partial charge on any atom is -0.466 e. The molecule has 1 rings (SSSR count). The Balaban J connectivity index is 2.40. The average molecular weight is 255 g/mol. The number of aromatic nitrogens is 1. The van der Waals surface area contributed by atoms with E-state index in [1.165, 1.54) is 12.1 Å². The second-order valence-electron chi connectivity index (χ2n) is 3.33. The van der Waals surface area contributed by atoms with Crippen LogP contribution in [0.2, 0.25) is 0 Å². The molecular weight excluding hydrogens is 242 g/mol. The maximum Gasteiger partial charge on any atom is 0.321 e. The van der Waals surface area contributed by atoms with Gasteiger partial charge in [0.15, 0.2) is 5.69 Å². The zero-order chi connectivity index (χ0) is 13.5. The van der Waals surface area contributed by atoms with E-state index >= 15 is 0 Å². The van der Waals surface area contributed by atoms with Crippen molar-refractivity contribution in [3.63, 3.8) is 0 Å². The highest BCUT2D eigenvalue weighted by Gasteiger charge is 2.15. The molecule has 0 aliphatic heterocycles. The molecule has 1 heterocycles. The summed E-state index contributed by atoms with van der Waals surface area (Å²) in [4.78, 5) is 34.6. The summed E-state index contributed by atoms with van der Waals surface area (Å²) < 4.78 is 4.68. The van der Waals surface area contributed by atoms with Gasteiger partial charge in [-0.2, -0.15) is 0 Å². The first kappa shape index (κ1) is 13.7. The molecule has 0 bridgehead atoms. The number of carbonyl (C=O) groups is 2. The van der Waals surface area contributed by atoms with E-state index in [2.05, 4.69) is 15.0 Å². The number of H-pyrrole nitrogens is 1. The molecule has 8 heteroatoms. The lowest BCUT2D eigenvalue weighted by atomic mass is 10.3. The number of nitrogens with zero attached hydrogens (tertiary/aromatic N) is 1. The van der Waals surface area contributed by atoms with Crippen molar-refractivity contribution in [3.05, 3.63) is 27.9 Å². The van der Waals surface area contributed by atoms with Crippen LogP contribution < -0.4 is 5.32 Å². The van der Waals surface area contributed by atoms with E-state index in [0.717, 1.165) is 0 Å². The molecule has 0 atom stereocenters. The SMILES string of the molecule is CCOC(=O)CCNC(=O)c1ccc([N+](=O)[O-])[nH]1. The molecular formula is C10H13N3O5. The summed E-state index contributed by atoms with van der Waals surface area (Å²) in [6.07, 6.45) is 0.0579. The van der Waals surface area contributed by atoms with Gasteiger partial charge in [0.25, 0.3) is 5.91 Å². The Hall–Kier alpha value is -2.38. The van der Waals surface area contributed by atoms with E-state index in [1.54, 1.807) is 6.92 Å². The predicted molar refractivity (Wildman–Crippen MR) is 61.0 cm³/mol. The highest BCUT2D eigenvalue weighted by molar-refractivity contribution is 5.93. The largest absolute Gasteiger partial charge is 0.466 e. The van der Waals surface area contributed by atoms with Crippen molar-refractivity contribution in [2.45, 2.75) is 13.3 Å². The second-order valence-corrected chi connectivity index (χ2v) is 3.33. The molecule has 2 N–H and O–H groups in total. The molecule has 0 aromatic carbocycles. The van der Waals surface area contributed by atoms with E-state index in [1.807, 2.05) is 0 Å². The normalized spacial score (nSPS) is 9.83. The summed E-state index contributed by atoms with van der Waals surface area (Å²) in [5.41, 5.74) is 0.0746. The maximum absolute atomic E-state index is 11.5. The van der Waals surface area contributed by atoms with Crippen LogP contribution in [0.15, 0.2) is 12.1 Å². The Bertz CT molecular complexity index is 454. The van der Waals surface area contributed by atoms with Gasteiger partial charge >= 0.3 is 11.8 Å². The molecule has 0 radical (unpaired) electrons. The fourth-order valence-corrected chi connectivity index (χ4v) is 1.23. The third-order valence-electron chi connectivity index (χ3n) is 2.03. The van der Waals surface area contributed by atoms with E-state index in [0.29, 0.717) is 0 Å². The molecule has 0 aliphatic carbocycles. The lowest BCUT2D eigenvalue weighted by Crippen LogP contribution is -2.26. The number of nitrogens with one attached hydrogen (secondary N) is 2. The Morgan fingerprint density at radius 2 is 2.22 bits per heavy atom. The summed E-state index contributed by atoms with van der Waals surface area (Å²) >= 11 is 0. The van der Waals surface area contributed by atoms with Crippen molar-refractivity contribution in [2.75, 3.05) is 13.2 Å². The quantitative estimate of drug-likeness (QED) is 0.439. The predicted octanol–water partition coefficient (Wildman–Crippen LogP) is 0.606. The van der Waals surface area contributed by atoms with Crippen molar-refractivity contribution in [1.29, 1.82) is 0 Å². The van der Waals surface area contributed by atoms with Gasteiger partial charge in [-0.25, -0.2) is 4.98 Å². The number of rotatable bonds is 6. The van der Waals surface area contributed by atoms with Crippen LogP contribution in [0, 0.1) is 10.1 Å². The minimum absolute atomic E-state index is 0.0579. The highest BCUT2D eigenvalue weighted by atomic mass is 16.6. The average Bonchev–Trinajstić information content (AvgIpc) is 2.78. The summed E-state index contributed by atoms with van der Waals surface area (Å²) in [7, 11) is 0. The third-order valence-corrected chi connectivity index (χ3v) is 2.03. The van der Waals surface area contributed by atoms with Gasteiger partial charge < -0.3 is 20.2 Å². The van der Waals surface area contributed by atoms with E-state index in [4.69, 9.17) is 0 Å². The summed E-state index contributed by atoms with van der Waals surface area (Å²) in [6, 6.07) is 2.50. The molecule has 18 heavy (non-hydrogen) atoms. The topological polar surface area (TPSA) is 114 Å². The Kier molecular flexibility index (Phi) is 4.85. The van der Waals surface area contributed by atoms with Crippen LogP contribution in [-0.2, 0) is 9.53 Å². The van der Waals surface area contributed by atoms with Gasteiger partial charge in [0, 0.05) is 12.6 Å². The minimum atomic E-state index is -0.630. The molecule has 0 saturated carbocycles. The first-order chi connectivity index (χ1) is 8.54. The Morgan fingerprint density at radius 3 is 2.78 bits per heavy atom. The van der Waals surface area contributed by atoms with Crippen LogP contribution in [0.4, 0.5) is 5.82 Å². The molecule has 8 nitrogen and oxygen atoms in total. The van der Waals surface area contributed by atoms with Gasteiger partial charge in [-0.1, -0.05) is 0 Å². The van der Waals surface area contributed by atoms with Gasteiger partial charge in [0.1, 0.15) is 0 Å². The van der Waals surface area contributed by atoms with Crippen LogP contribution >= 0.6 is 0 Å². The number of hydrogen-bond donors (Lipinski definition) is 2. The van der Waals surface area contributed by atoms with Crippen molar-refractivity contribution >= 4 is 17.7 Å². The van der Waals surface area contributed by atoms with Crippen molar-refractivity contribution in [1.82, 2.24) is 10.3 Å². The van der Waals surface area contributed by atoms with Crippen LogP contribution in [0.1, 0.15) is 23.8 Å². The zero-order valence-corrected chi connectivity index (χ0v) is 9.76. The number of nitro groups is 1. The number of aromatic amines is 1. The number of ether oxygens (including phenoxy) is 1. The lowest BCUT2D eigenvalue weighted by molar-refractivity contribution is -0.389. The standard InChI is InChI=1S/C10H13N3O5/c1-2-18-9(14)5-6-11-10(15)7-3-4-8(12-7)13(16)17/h3-4,12H,2,5-6H2,1H3,(H,11,15). The molecule has 0 saturated heterocycles. The Morgan fingerprint density at radius 1 is 1.50 bits per heavy atom. The van der Waals surface area contributed by atoms with E-state index in [9.17, 15) is 19.7 Å². The number of carbonyl (C=O) groups excluding carboxylic acids is 2. The van der Waals surface area contributed by atoms with E-state index in [-0.39, 0.29) is 31.1 Å². The first-order valence-corrected chi connectivity index (χ1v) is 5.31. The first-order valence-electron chi connectivity index (χ1n) is 5.31. The van der Waals surface area contributed by atoms with Crippen LogP contribution in [-0.4, -0.2) is 34.9 Å². The molecule has 0 fully saturated rings. The lowest BCUT2D eigenvalue weighted by Gasteiger charge is -2.02. The molecule has 98 valence electrons. The molecule has 0 aliphatic rings. The summed E-state index contributed by atoms with van der Waals surface area (Å²) in [5, 5.41) is 12.8. The number of hydrogen-bond acceptors (Lipinski definition) is 5. The van der Waals surface area contributed by atoms with Crippen molar-refractivity contribution in [3.8, 4) is 0 Å². The van der Waals surface area contributed by atoms with Crippen molar-refractivity contribution in [2.24, 2.45) is 0 Å². The third kappa shape index (κ3) is 3.89. The van der Waals surface area contributed by atoms with Gasteiger partial charge in [-0.3, -0.25) is 9.59 Å². The fourth-order valence-electron chi connectivity index (χ4n) is 1.23.